The van der Waals surface area contributed by atoms with Gasteiger partial charge in [-0.05, 0) is 6.07 Å². The zero-order valence-corrected chi connectivity index (χ0v) is 21.7. The predicted molar refractivity (Wildman–Crippen MR) is 134 cm³/mol. The van der Waals surface area contributed by atoms with Crippen LogP contribution in [0, 0.1) is 6.92 Å². The van der Waals surface area contributed by atoms with Crippen LogP contribution in [0.25, 0.3) is 11.4 Å². The second-order valence-corrected chi connectivity index (χ2v) is 10.2. The number of carbonyl (C=O) groups is 3. The zero-order valence-electron chi connectivity index (χ0n) is 20.0. The number of pyridine rings is 1. The summed E-state index contributed by atoms with van der Waals surface area (Å²) in [6.07, 6.45) is 3.55. The van der Waals surface area contributed by atoms with Gasteiger partial charge in [-0.3, -0.25) is 14.5 Å². The molecule has 0 bridgehead atoms. The van der Waals surface area contributed by atoms with Crippen molar-refractivity contribution in [3.8, 4) is 11.4 Å². The molecule has 1 saturated heterocycles. The van der Waals surface area contributed by atoms with Crippen LogP contribution in [0.15, 0.2) is 50.9 Å². The second-order valence-electron chi connectivity index (χ2n) is 8.21. The highest BCUT2D eigenvalue weighted by Crippen LogP contribution is 2.40. The number of nitrogens with two attached hydrogens (primary N) is 1. The molecule has 196 valence electrons. The molecule has 0 spiro atoms. The molecular weight excluding hydrogens is 536 g/mol. The third kappa shape index (κ3) is 4.70. The maximum absolute atomic E-state index is 13.1. The van der Waals surface area contributed by atoms with Gasteiger partial charge in [-0.25, -0.2) is 14.3 Å². The number of anilines is 1. The highest BCUT2D eigenvalue weighted by atomic mass is 32.2. The topological polar surface area (TPSA) is 190 Å². The lowest BCUT2D eigenvalue weighted by atomic mass is 10.0. The Balaban J connectivity index is 1.35. The van der Waals surface area contributed by atoms with Gasteiger partial charge in [-0.1, -0.05) is 10.3 Å². The lowest BCUT2D eigenvalue weighted by Gasteiger charge is -2.49. The molecule has 0 aliphatic carbocycles. The standard InChI is InChI=1S/C22H20N8O6S2/c1-10-24-17(28-36-10)11-4-3-5-29(6-11)7-12-8-37-20-15(19(32)30(20)16(12)21(33)34)26-18(31)14(27-35-2)13-9-38-22(23)25-13/h3-6,9,15,20H,7-8H2,1-2H3,(H3-,23,25,26,31,33,34)/p+1/b27-14-/t15-,20+/m1/s1. The Hall–Kier alpha value is -4.31. The van der Waals surface area contributed by atoms with Gasteiger partial charge in [-0.2, -0.15) is 4.98 Å². The quantitative estimate of drug-likeness (QED) is 0.148. The number of β-lactam (4-membered cyclic amide) rings is 1. The number of carboxylic acid groups (broad SMARTS) is 1. The van der Waals surface area contributed by atoms with Crippen molar-refractivity contribution in [1.29, 1.82) is 0 Å². The van der Waals surface area contributed by atoms with Crippen LogP contribution < -0.4 is 15.6 Å². The van der Waals surface area contributed by atoms with Gasteiger partial charge in [0.15, 0.2) is 29.8 Å². The van der Waals surface area contributed by atoms with Gasteiger partial charge in [0.2, 0.25) is 11.7 Å². The largest absolute Gasteiger partial charge is 0.477 e. The summed E-state index contributed by atoms with van der Waals surface area (Å²) in [4.78, 5) is 52.4. The average molecular weight is 558 g/mol. The van der Waals surface area contributed by atoms with Gasteiger partial charge >= 0.3 is 5.97 Å². The molecule has 38 heavy (non-hydrogen) atoms. The number of nitrogens with one attached hydrogen (secondary N) is 1. The van der Waals surface area contributed by atoms with Gasteiger partial charge in [0.05, 0.1) is 5.56 Å². The molecule has 5 heterocycles. The van der Waals surface area contributed by atoms with Crippen molar-refractivity contribution in [3.05, 3.63) is 52.8 Å². The van der Waals surface area contributed by atoms with E-state index in [1.165, 1.54) is 23.8 Å². The van der Waals surface area contributed by atoms with Crippen molar-refractivity contribution < 1.29 is 33.4 Å². The number of aliphatic carboxylic acids is 1. The minimum absolute atomic E-state index is 0.101. The van der Waals surface area contributed by atoms with Crippen LogP contribution >= 0.6 is 23.1 Å². The molecule has 0 saturated carbocycles. The molecule has 2 amide bonds. The predicted octanol–water partition coefficient (Wildman–Crippen LogP) is 0.161. The summed E-state index contributed by atoms with van der Waals surface area (Å²) in [6, 6.07) is 2.65. The fraction of sp³-hybridized carbons (Fsp3) is 0.273. The molecular formula is C22H21N8O6S2+. The number of nitrogen functional groups attached to an aromatic ring is 1. The number of thioether (sulfide) groups is 1. The molecule has 0 unspecified atom stereocenters. The molecule has 0 radical (unpaired) electrons. The maximum atomic E-state index is 13.1. The summed E-state index contributed by atoms with van der Waals surface area (Å²) in [6.45, 7) is 1.91. The first-order valence-electron chi connectivity index (χ1n) is 11.1. The summed E-state index contributed by atoms with van der Waals surface area (Å²) in [5, 5.41) is 21.4. The molecule has 4 N–H and O–H groups in total. The number of hydrogen-bond donors (Lipinski definition) is 3. The average Bonchev–Trinajstić information content (AvgIpc) is 3.53. The van der Waals surface area contributed by atoms with Crippen LogP contribution in [0.5, 0.6) is 0 Å². The molecule has 5 rings (SSSR count). The van der Waals surface area contributed by atoms with E-state index in [4.69, 9.17) is 15.1 Å². The number of nitrogens with zero attached hydrogens (tertiary/aromatic N) is 6. The third-order valence-electron chi connectivity index (χ3n) is 5.72. The van der Waals surface area contributed by atoms with E-state index in [1.54, 1.807) is 35.3 Å². The normalized spacial score (nSPS) is 19.2. The van der Waals surface area contributed by atoms with Gasteiger partial charge in [0, 0.05) is 29.7 Å². The van der Waals surface area contributed by atoms with Crippen LogP contribution in [0.1, 0.15) is 11.6 Å². The van der Waals surface area contributed by atoms with E-state index in [-0.39, 0.29) is 28.8 Å². The fourth-order valence-electron chi connectivity index (χ4n) is 4.10. The van der Waals surface area contributed by atoms with Crippen molar-refractivity contribution in [2.45, 2.75) is 24.9 Å². The lowest BCUT2D eigenvalue weighted by Crippen LogP contribution is -2.71. The van der Waals surface area contributed by atoms with Gasteiger partial charge in [0.25, 0.3) is 11.8 Å². The lowest BCUT2D eigenvalue weighted by molar-refractivity contribution is -0.688. The van der Waals surface area contributed by atoms with Crippen molar-refractivity contribution in [1.82, 2.24) is 25.3 Å². The summed E-state index contributed by atoms with van der Waals surface area (Å²) in [7, 11) is 1.28. The smallest absolute Gasteiger partial charge is 0.352 e. The SMILES string of the molecule is CO/N=C(\C(=O)N[C@@H]1C(=O)N2C(C(=O)O)=C(C[n+]3cccc(-c4noc(C)n4)c3)CS[C@@H]12)c1csc(N)n1. The minimum atomic E-state index is -1.23. The summed E-state index contributed by atoms with van der Waals surface area (Å²) < 4.78 is 6.83. The minimum Gasteiger partial charge on any atom is -0.477 e. The zero-order chi connectivity index (χ0) is 27.0. The van der Waals surface area contributed by atoms with Gasteiger partial charge in [0.1, 0.15) is 29.9 Å². The number of rotatable bonds is 8. The van der Waals surface area contributed by atoms with Crippen LogP contribution in [-0.4, -0.2) is 72.9 Å². The molecule has 16 heteroatoms. The van der Waals surface area contributed by atoms with Crippen molar-refractivity contribution in [3.63, 3.8) is 0 Å². The summed E-state index contributed by atoms with van der Waals surface area (Å²) in [5.74, 6) is -1.28. The van der Waals surface area contributed by atoms with E-state index < -0.39 is 29.2 Å². The van der Waals surface area contributed by atoms with Crippen molar-refractivity contribution in [2.24, 2.45) is 5.16 Å². The Kier molecular flexibility index (Phi) is 6.81. The van der Waals surface area contributed by atoms with Crippen molar-refractivity contribution in [2.75, 3.05) is 18.6 Å². The molecule has 2 aliphatic rings. The molecule has 3 aromatic rings. The Morgan fingerprint density at radius 2 is 2.24 bits per heavy atom. The highest BCUT2D eigenvalue weighted by Gasteiger charge is 2.54. The number of oxime groups is 1. The molecule has 2 atom stereocenters. The highest BCUT2D eigenvalue weighted by molar-refractivity contribution is 8.00. The van der Waals surface area contributed by atoms with Gasteiger partial charge < -0.3 is 25.5 Å². The molecule has 0 aromatic carbocycles. The van der Waals surface area contributed by atoms with Crippen LogP contribution in [0.3, 0.4) is 0 Å². The summed E-state index contributed by atoms with van der Waals surface area (Å²) in [5.41, 5.74) is 6.85. The molecule has 2 aliphatic heterocycles. The molecule has 14 nitrogen and oxygen atoms in total. The first kappa shape index (κ1) is 25.3. The first-order valence-corrected chi connectivity index (χ1v) is 13.0. The summed E-state index contributed by atoms with van der Waals surface area (Å²) >= 11 is 2.48. The number of fused-ring (bicyclic) bond motifs is 1. The number of hydrogen-bond acceptors (Lipinski definition) is 12. The monoisotopic (exact) mass is 557 g/mol. The third-order valence-corrected chi connectivity index (χ3v) is 7.73. The molecule has 1 fully saturated rings. The van der Waals surface area contributed by atoms with Crippen molar-refractivity contribution >= 4 is 51.7 Å². The van der Waals surface area contributed by atoms with E-state index in [2.05, 4.69) is 25.6 Å². The van der Waals surface area contributed by atoms with E-state index in [0.29, 0.717) is 28.6 Å². The van der Waals surface area contributed by atoms with E-state index in [1.807, 2.05) is 6.07 Å². The molecule has 3 aromatic heterocycles. The van der Waals surface area contributed by atoms with Gasteiger partial charge in [-0.15, -0.1) is 23.1 Å². The number of thiazole rings is 1. The Labute approximate surface area is 223 Å². The number of amides is 2. The second kappa shape index (κ2) is 10.2. The number of carboxylic acids is 1. The Morgan fingerprint density at radius 3 is 2.89 bits per heavy atom. The number of carbonyl (C=O) groups excluding carboxylic acids is 2. The van der Waals surface area contributed by atoms with Crippen LogP contribution in [0.2, 0.25) is 0 Å². The van der Waals surface area contributed by atoms with E-state index in [9.17, 15) is 19.5 Å². The number of aromatic nitrogens is 4. The van der Waals surface area contributed by atoms with E-state index in [0.717, 1.165) is 11.3 Å². The van der Waals surface area contributed by atoms with Crippen LogP contribution in [-0.2, 0) is 25.8 Å². The first-order chi connectivity index (χ1) is 18.3. The fourth-order valence-corrected chi connectivity index (χ4v) is 5.98. The van der Waals surface area contributed by atoms with Crippen LogP contribution in [0.4, 0.5) is 5.13 Å². The Bertz CT molecular complexity index is 1500. The van der Waals surface area contributed by atoms with E-state index >= 15 is 0 Å². The maximum Gasteiger partial charge on any atom is 0.352 e. The number of aryl methyl sites for hydroxylation is 1. The Morgan fingerprint density at radius 1 is 1.42 bits per heavy atom.